The van der Waals surface area contributed by atoms with Crippen molar-refractivity contribution in [2.75, 3.05) is 26.2 Å². The number of thiophene rings is 1. The number of Topliss-reactive ketones (excluding diaryl/α,β-unsaturated/α-hetero) is 1. The van der Waals surface area contributed by atoms with Crippen molar-refractivity contribution in [2.24, 2.45) is 5.92 Å². The van der Waals surface area contributed by atoms with Gasteiger partial charge in [0.05, 0.1) is 20.8 Å². The number of hydrogen-bond donors (Lipinski definition) is 0. The highest BCUT2D eigenvalue weighted by Crippen LogP contribution is 2.39. The largest absolute Gasteiger partial charge is 0.453 e. The van der Waals surface area contributed by atoms with Gasteiger partial charge in [-0.25, -0.2) is 4.39 Å². The maximum Gasteiger partial charge on any atom is 0.222 e. The van der Waals surface area contributed by atoms with Gasteiger partial charge in [0, 0.05) is 70.4 Å². The highest BCUT2D eigenvalue weighted by atomic mass is 32.1. The molecule has 0 bridgehead atoms. The van der Waals surface area contributed by atoms with Crippen LogP contribution in [0.25, 0.3) is 20.8 Å². The van der Waals surface area contributed by atoms with Crippen molar-refractivity contribution in [3.05, 3.63) is 71.8 Å². The van der Waals surface area contributed by atoms with E-state index in [0.717, 1.165) is 71.9 Å². The highest BCUT2D eigenvalue weighted by molar-refractivity contribution is 7.22. The van der Waals surface area contributed by atoms with Gasteiger partial charge >= 0.3 is 0 Å². The monoisotopic (exact) mass is 572 g/mol. The summed E-state index contributed by atoms with van der Waals surface area (Å²) < 4.78 is 21.7. The van der Waals surface area contributed by atoms with Gasteiger partial charge in [-0.3, -0.25) is 24.5 Å². The van der Waals surface area contributed by atoms with Crippen molar-refractivity contribution < 1.29 is 18.7 Å². The molecule has 1 aliphatic carbocycles. The molecule has 0 unspecified atom stereocenters. The molecule has 1 aliphatic heterocycles. The molecule has 0 spiro atoms. The van der Waals surface area contributed by atoms with Crippen molar-refractivity contribution in [3.63, 3.8) is 0 Å². The number of carbonyl (C=O) groups excluding carboxylic acids is 2. The van der Waals surface area contributed by atoms with E-state index in [9.17, 15) is 14.0 Å². The van der Waals surface area contributed by atoms with Crippen LogP contribution in [-0.2, 0) is 22.6 Å². The smallest absolute Gasteiger partial charge is 0.222 e. The first-order valence-corrected chi connectivity index (χ1v) is 15.1. The number of nitrogens with zero attached hydrogens (tertiary/aromatic N) is 4. The van der Waals surface area contributed by atoms with Crippen LogP contribution in [0.3, 0.4) is 0 Å². The molecule has 1 saturated heterocycles. The molecule has 9 heteroatoms. The van der Waals surface area contributed by atoms with Crippen LogP contribution in [0.4, 0.5) is 4.39 Å². The third-order valence-electron chi connectivity index (χ3n) is 7.72. The molecule has 6 rings (SSSR count). The fraction of sp³-hybridized carbons (Fsp3) is 0.375. The zero-order valence-electron chi connectivity index (χ0n) is 23.1. The number of ether oxygens (including phenoxy) is 1. The number of aromatic nitrogens is 2. The number of pyridine rings is 2. The predicted molar refractivity (Wildman–Crippen MR) is 158 cm³/mol. The van der Waals surface area contributed by atoms with Gasteiger partial charge in [-0.1, -0.05) is 19.1 Å². The van der Waals surface area contributed by atoms with E-state index in [-0.39, 0.29) is 23.9 Å². The number of benzene rings is 1. The van der Waals surface area contributed by atoms with Gasteiger partial charge in [-0.05, 0) is 54.2 Å². The molecule has 2 fully saturated rings. The maximum atomic E-state index is 14.9. The van der Waals surface area contributed by atoms with Crippen LogP contribution in [0.1, 0.15) is 43.7 Å². The average molecular weight is 573 g/mol. The normalized spacial score (nSPS) is 15.8. The molecule has 0 atom stereocenters. The quantitative estimate of drug-likeness (QED) is 0.223. The fourth-order valence-electron chi connectivity index (χ4n) is 5.22. The predicted octanol–water partition coefficient (Wildman–Crippen LogP) is 6.26. The Bertz CT molecular complexity index is 1560. The van der Waals surface area contributed by atoms with E-state index in [1.54, 1.807) is 24.4 Å². The Kier molecular flexibility index (Phi) is 8.07. The van der Waals surface area contributed by atoms with Crippen LogP contribution in [0, 0.1) is 11.7 Å². The standard InChI is InChI=1S/C32H33FN4O3S/c1-2-31(39)37-13-11-36(12-14-37)20-23-5-7-26(35-19-23)30-18-27-32(41-30)29(9-10-34-27)40-28-8-6-22(17-25(28)33)16-24(38)15-21-3-4-21/h5-10,17-19,21H,2-4,11-16,20H2,1H3. The highest BCUT2D eigenvalue weighted by Gasteiger charge is 2.24. The minimum absolute atomic E-state index is 0.119. The zero-order valence-corrected chi connectivity index (χ0v) is 24.0. The number of hydrogen-bond acceptors (Lipinski definition) is 7. The zero-order chi connectivity index (χ0) is 28.3. The Morgan fingerprint density at radius 1 is 1.00 bits per heavy atom. The van der Waals surface area contributed by atoms with E-state index in [1.165, 1.54) is 17.4 Å². The molecule has 1 aromatic carbocycles. The van der Waals surface area contributed by atoms with E-state index in [1.807, 2.05) is 30.2 Å². The van der Waals surface area contributed by atoms with E-state index in [2.05, 4.69) is 16.0 Å². The van der Waals surface area contributed by atoms with E-state index in [0.29, 0.717) is 30.1 Å². The number of piperazine rings is 1. The van der Waals surface area contributed by atoms with Crippen molar-refractivity contribution in [2.45, 2.75) is 45.6 Å². The summed E-state index contributed by atoms with van der Waals surface area (Å²) in [5.41, 5.74) is 3.39. The van der Waals surface area contributed by atoms with Gasteiger partial charge in [0.25, 0.3) is 0 Å². The summed E-state index contributed by atoms with van der Waals surface area (Å²) in [6.45, 7) is 5.96. The van der Waals surface area contributed by atoms with Crippen LogP contribution in [0.15, 0.2) is 54.9 Å². The van der Waals surface area contributed by atoms with Gasteiger partial charge in [0.1, 0.15) is 11.5 Å². The van der Waals surface area contributed by atoms with Gasteiger partial charge in [-0.15, -0.1) is 11.3 Å². The molecule has 0 N–H and O–H groups in total. The summed E-state index contributed by atoms with van der Waals surface area (Å²) in [5.74, 6) is 1.06. The van der Waals surface area contributed by atoms with Crippen LogP contribution in [0.5, 0.6) is 11.5 Å². The lowest BCUT2D eigenvalue weighted by molar-refractivity contribution is -0.132. The Balaban J connectivity index is 1.11. The maximum absolute atomic E-state index is 14.9. The first-order valence-electron chi connectivity index (χ1n) is 14.3. The van der Waals surface area contributed by atoms with Gasteiger partial charge in [0.15, 0.2) is 11.6 Å². The summed E-state index contributed by atoms with van der Waals surface area (Å²) in [7, 11) is 0. The summed E-state index contributed by atoms with van der Waals surface area (Å²) in [5, 5.41) is 0. The van der Waals surface area contributed by atoms with Gasteiger partial charge < -0.3 is 9.64 Å². The summed E-state index contributed by atoms with van der Waals surface area (Å²) >= 11 is 1.51. The Morgan fingerprint density at radius 2 is 1.80 bits per heavy atom. The first kappa shape index (κ1) is 27.5. The second-order valence-corrected chi connectivity index (χ2v) is 12.0. The molecule has 1 amide bonds. The number of fused-ring (bicyclic) bond motifs is 1. The molecule has 7 nitrogen and oxygen atoms in total. The molecule has 3 aromatic heterocycles. The third-order valence-corrected chi connectivity index (χ3v) is 8.88. The molecule has 4 aromatic rings. The molecular weight excluding hydrogens is 539 g/mol. The SMILES string of the molecule is CCC(=O)N1CCN(Cc2ccc(-c3cc4nccc(Oc5ccc(CC(=O)CC6CC6)cc5F)c4s3)nc2)CC1. The van der Waals surface area contributed by atoms with Crippen molar-refractivity contribution >= 4 is 33.2 Å². The summed E-state index contributed by atoms with van der Waals surface area (Å²) in [6.07, 6.45) is 7.21. The van der Waals surface area contributed by atoms with Gasteiger partial charge in [0.2, 0.25) is 5.91 Å². The average Bonchev–Trinajstić information content (AvgIpc) is 3.68. The van der Waals surface area contributed by atoms with Crippen molar-refractivity contribution in [3.8, 4) is 22.1 Å². The molecule has 0 radical (unpaired) electrons. The van der Waals surface area contributed by atoms with E-state index in [4.69, 9.17) is 9.72 Å². The van der Waals surface area contributed by atoms with E-state index < -0.39 is 5.82 Å². The fourth-order valence-corrected chi connectivity index (χ4v) is 6.26. The van der Waals surface area contributed by atoms with E-state index >= 15 is 0 Å². The number of carbonyl (C=O) groups is 2. The topological polar surface area (TPSA) is 75.6 Å². The molecule has 4 heterocycles. The van der Waals surface area contributed by atoms with Crippen LogP contribution in [-0.4, -0.2) is 57.6 Å². The van der Waals surface area contributed by atoms with Gasteiger partial charge in [-0.2, -0.15) is 0 Å². The lowest BCUT2D eigenvalue weighted by Gasteiger charge is -2.34. The second kappa shape index (κ2) is 12.0. The van der Waals surface area contributed by atoms with Crippen LogP contribution in [0.2, 0.25) is 0 Å². The number of halogens is 1. The Morgan fingerprint density at radius 3 is 2.51 bits per heavy atom. The molecule has 212 valence electrons. The first-order chi connectivity index (χ1) is 19.9. The second-order valence-electron chi connectivity index (χ2n) is 10.9. The van der Waals surface area contributed by atoms with Crippen LogP contribution < -0.4 is 4.74 Å². The number of ketones is 1. The summed E-state index contributed by atoms with van der Waals surface area (Å²) in [6, 6.07) is 12.6. The number of amides is 1. The van der Waals surface area contributed by atoms with Crippen LogP contribution >= 0.6 is 11.3 Å². The molecular formula is C32H33FN4O3S. The molecule has 2 aliphatic rings. The third kappa shape index (κ3) is 6.63. The molecule has 1 saturated carbocycles. The van der Waals surface area contributed by atoms with Crippen molar-refractivity contribution in [1.29, 1.82) is 0 Å². The van der Waals surface area contributed by atoms with Crippen molar-refractivity contribution in [1.82, 2.24) is 19.8 Å². The minimum atomic E-state index is -0.487. The molecule has 41 heavy (non-hydrogen) atoms. The lowest BCUT2D eigenvalue weighted by Crippen LogP contribution is -2.48. The summed E-state index contributed by atoms with van der Waals surface area (Å²) in [4.78, 5) is 38.5. The Hall–Kier alpha value is -3.69. The Labute approximate surface area is 243 Å². The minimum Gasteiger partial charge on any atom is -0.453 e. The lowest BCUT2D eigenvalue weighted by atomic mass is 10.0. The number of rotatable bonds is 10.